The molecule has 0 radical (unpaired) electrons. The van der Waals surface area contributed by atoms with Crippen LogP contribution in [0.15, 0.2) is 6.20 Å². The van der Waals surface area contributed by atoms with E-state index < -0.39 is 17.7 Å². The third kappa shape index (κ3) is 1.42. The van der Waals surface area contributed by atoms with Crippen molar-refractivity contribution in [3.8, 4) is 0 Å². The number of primary amides is 3. The van der Waals surface area contributed by atoms with E-state index in [2.05, 4.69) is 4.98 Å². The van der Waals surface area contributed by atoms with E-state index in [1.807, 2.05) is 0 Å². The van der Waals surface area contributed by atoms with E-state index >= 15 is 0 Å². The maximum Gasteiger partial charge on any atom is 0.265 e. The fourth-order valence-electron chi connectivity index (χ4n) is 1.07. The Morgan fingerprint density at radius 2 is 1.57 bits per heavy atom. The van der Waals surface area contributed by atoms with Crippen LogP contribution in [0.5, 0.6) is 0 Å². The van der Waals surface area contributed by atoms with E-state index in [9.17, 15) is 14.4 Å². The number of nitrogens with two attached hydrogens (primary N) is 3. The Balaban J connectivity index is 3.42. The molecular weight excluding hydrogens is 188 g/mol. The summed E-state index contributed by atoms with van der Waals surface area (Å²) in [5.41, 5.74) is 14.2. The highest BCUT2D eigenvalue weighted by Gasteiger charge is 2.22. The minimum absolute atomic E-state index is 0.147. The van der Waals surface area contributed by atoms with E-state index in [-0.39, 0.29) is 16.8 Å². The van der Waals surface area contributed by atoms with Gasteiger partial charge < -0.3 is 22.2 Å². The van der Waals surface area contributed by atoms with Crippen molar-refractivity contribution >= 4 is 17.7 Å². The normalized spacial score (nSPS) is 9.71. The van der Waals surface area contributed by atoms with Gasteiger partial charge in [-0.3, -0.25) is 14.4 Å². The molecule has 0 unspecified atom stereocenters. The van der Waals surface area contributed by atoms with E-state index in [1.165, 1.54) is 0 Å². The highest BCUT2D eigenvalue weighted by atomic mass is 16.2. The molecule has 0 fully saturated rings. The lowest BCUT2D eigenvalue weighted by Gasteiger charge is -1.97. The zero-order valence-corrected chi connectivity index (χ0v) is 7.03. The summed E-state index contributed by atoms with van der Waals surface area (Å²) in [5, 5.41) is 0. The molecule has 7 heteroatoms. The molecule has 1 heterocycles. The Hall–Kier alpha value is -2.31. The van der Waals surface area contributed by atoms with Gasteiger partial charge in [0, 0.05) is 6.20 Å². The molecular formula is C7H8N4O3. The van der Waals surface area contributed by atoms with Crippen LogP contribution in [0.4, 0.5) is 0 Å². The molecule has 0 saturated carbocycles. The number of aromatic amines is 1. The van der Waals surface area contributed by atoms with Crippen molar-refractivity contribution in [3.63, 3.8) is 0 Å². The van der Waals surface area contributed by atoms with Gasteiger partial charge in [0.15, 0.2) is 0 Å². The summed E-state index contributed by atoms with van der Waals surface area (Å²) in [6, 6.07) is 0. The zero-order valence-electron chi connectivity index (χ0n) is 7.03. The first-order chi connectivity index (χ1) is 6.45. The molecule has 1 aromatic heterocycles. The lowest BCUT2D eigenvalue weighted by Crippen LogP contribution is -2.23. The molecule has 74 valence electrons. The molecule has 0 bridgehead atoms. The van der Waals surface area contributed by atoms with Gasteiger partial charge in [-0.1, -0.05) is 0 Å². The molecule has 0 aliphatic heterocycles. The summed E-state index contributed by atoms with van der Waals surface area (Å²) in [7, 11) is 0. The van der Waals surface area contributed by atoms with Gasteiger partial charge in [-0.25, -0.2) is 0 Å². The third-order valence-electron chi connectivity index (χ3n) is 1.64. The van der Waals surface area contributed by atoms with E-state index in [4.69, 9.17) is 17.2 Å². The number of carbonyl (C=O) groups is 3. The van der Waals surface area contributed by atoms with Gasteiger partial charge in [-0.05, 0) is 0 Å². The smallest absolute Gasteiger partial charge is 0.265 e. The molecule has 1 rings (SSSR count). The monoisotopic (exact) mass is 196 g/mol. The number of aromatic nitrogens is 1. The van der Waals surface area contributed by atoms with Crippen molar-refractivity contribution in [2.45, 2.75) is 0 Å². The van der Waals surface area contributed by atoms with Crippen molar-refractivity contribution < 1.29 is 14.4 Å². The number of amides is 3. The molecule has 14 heavy (non-hydrogen) atoms. The average molecular weight is 196 g/mol. The van der Waals surface area contributed by atoms with Crippen LogP contribution >= 0.6 is 0 Å². The van der Waals surface area contributed by atoms with Crippen molar-refractivity contribution in [1.82, 2.24) is 4.98 Å². The fourth-order valence-corrected chi connectivity index (χ4v) is 1.07. The average Bonchev–Trinajstić information content (AvgIpc) is 2.46. The van der Waals surface area contributed by atoms with Crippen LogP contribution in [-0.4, -0.2) is 22.7 Å². The fraction of sp³-hybridized carbons (Fsp3) is 0. The van der Waals surface area contributed by atoms with Gasteiger partial charge in [-0.2, -0.15) is 0 Å². The van der Waals surface area contributed by atoms with E-state index in [1.54, 1.807) is 0 Å². The molecule has 0 aromatic carbocycles. The van der Waals surface area contributed by atoms with Crippen LogP contribution in [0.1, 0.15) is 31.2 Å². The maximum absolute atomic E-state index is 10.9. The van der Waals surface area contributed by atoms with Crippen LogP contribution < -0.4 is 17.2 Å². The van der Waals surface area contributed by atoms with E-state index in [0.29, 0.717) is 0 Å². The third-order valence-corrected chi connectivity index (χ3v) is 1.64. The first kappa shape index (κ1) is 9.78. The lowest BCUT2D eigenvalue weighted by atomic mass is 10.1. The predicted octanol–water partition coefficient (Wildman–Crippen LogP) is -1.69. The molecule has 7 N–H and O–H groups in total. The molecule has 0 saturated heterocycles. The largest absolute Gasteiger partial charge is 0.366 e. The molecule has 0 aliphatic rings. The minimum atomic E-state index is -0.936. The van der Waals surface area contributed by atoms with Crippen LogP contribution in [0, 0.1) is 0 Å². The van der Waals surface area contributed by atoms with Gasteiger partial charge in [0.1, 0.15) is 5.69 Å². The van der Waals surface area contributed by atoms with Gasteiger partial charge in [0.2, 0.25) is 0 Å². The highest BCUT2D eigenvalue weighted by Crippen LogP contribution is 2.12. The van der Waals surface area contributed by atoms with Crippen molar-refractivity contribution in [2.75, 3.05) is 0 Å². The Morgan fingerprint density at radius 3 is 1.93 bits per heavy atom. The number of hydrogen-bond donors (Lipinski definition) is 4. The molecule has 0 atom stereocenters. The van der Waals surface area contributed by atoms with Crippen molar-refractivity contribution in [1.29, 1.82) is 0 Å². The zero-order chi connectivity index (χ0) is 10.9. The summed E-state index contributed by atoms with van der Waals surface area (Å²) < 4.78 is 0. The maximum atomic E-state index is 10.9. The van der Waals surface area contributed by atoms with Gasteiger partial charge in [0.05, 0.1) is 11.1 Å². The number of nitrogens with one attached hydrogen (secondary N) is 1. The Kier molecular flexibility index (Phi) is 2.24. The quantitative estimate of drug-likeness (QED) is 0.457. The standard InChI is InChI=1S/C7H8N4O3/c8-5(12)2-1-11-4(7(10)14)3(2)6(9)13/h1,11H,(H2,8,12)(H2,9,13)(H2,10,14). The number of rotatable bonds is 3. The second-order valence-electron chi connectivity index (χ2n) is 2.55. The SMILES string of the molecule is NC(=O)c1c[nH]c(C(N)=O)c1C(N)=O. The molecule has 0 spiro atoms. The number of H-pyrrole nitrogens is 1. The summed E-state index contributed by atoms with van der Waals surface area (Å²) in [4.78, 5) is 34.9. The van der Waals surface area contributed by atoms with Gasteiger partial charge in [0.25, 0.3) is 17.7 Å². The molecule has 0 aliphatic carbocycles. The molecule has 7 nitrogen and oxygen atoms in total. The Labute approximate surface area is 78.2 Å². The lowest BCUT2D eigenvalue weighted by molar-refractivity contribution is 0.0955. The number of hydrogen-bond acceptors (Lipinski definition) is 3. The predicted molar refractivity (Wildman–Crippen MR) is 46.3 cm³/mol. The van der Waals surface area contributed by atoms with Crippen LogP contribution in [0.25, 0.3) is 0 Å². The first-order valence-corrected chi connectivity index (χ1v) is 3.56. The minimum Gasteiger partial charge on any atom is -0.366 e. The second kappa shape index (κ2) is 3.21. The molecule has 3 amide bonds. The van der Waals surface area contributed by atoms with Crippen LogP contribution in [0.3, 0.4) is 0 Å². The van der Waals surface area contributed by atoms with Gasteiger partial charge in [-0.15, -0.1) is 0 Å². The summed E-state index contributed by atoms with van der Waals surface area (Å²) in [6.07, 6.45) is 1.11. The van der Waals surface area contributed by atoms with Crippen LogP contribution in [-0.2, 0) is 0 Å². The summed E-state index contributed by atoms with van der Waals surface area (Å²) in [6.45, 7) is 0. The van der Waals surface area contributed by atoms with Crippen molar-refractivity contribution in [2.24, 2.45) is 17.2 Å². The number of carbonyl (C=O) groups excluding carboxylic acids is 3. The summed E-state index contributed by atoms with van der Waals surface area (Å²) in [5.74, 6) is -2.68. The van der Waals surface area contributed by atoms with Gasteiger partial charge >= 0.3 is 0 Å². The second-order valence-corrected chi connectivity index (χ2v) is 2.55. The Bertz CT molecular complexity index is 389. The highest BCUT2D eigenvalue weighted by molar-refractivity contribution is 6.12. The first-order valence-electron chi connectivity index (χ1n) is 3.56. The Morgan fingerprint density at radius 1 is 1.00 bits per heavy atom. The topological polar surface area (TPSA) is 145 Å². The van der Waals surface area contributed by atoms with Crippen molar-refractivity contribution in [3.05, 3.63) is 23.0 Å². The van der Waals surface area contributed by atoms with E-state index in [0.717, 1.165) is 6.20 Å². The molecule has 1 aromatic rings. The summed E-state index contributed by atoms with van der Waals surface area (Å²) >= 11 is 0. The van der Waals surface area contributed by atoms with Crippen LogP contribution in [0.2, 0.25) is 0 Å².